The molecule has 0 spiro atoms. The monoisotopic (exact) mass is 481 g/mol. The first-order chi connectivity index (χ1) is 12.8. The fourth-order valence-electron chi connectivity index (χ4n) is 2.34. The van der Waals surface area contributed by atoms with Crippen LogP contribution >= 0.6 is 22.6 Å². The summed E-state index contributed by atoms with van der Waals surface area (Å²) in [6.07, 6.45) is 4.89. The van der Waals surface area contributed by atoms with Gasteiger partial charge in [0.2, 0.25) is 0 Å². The molecule has 27 heavy (non-hydrogen) atoms. The van der Waals surface area contributed by atoms with E-state index in [0.717, 1.165) is 14.5 Å². The first-order valence-corrected chi connectivity index (χ1v) is 9.74. The zero-order valence-electron chi connectivity index (χ0n) is 15.7. The Hall–Kier alpha value is -2.16. The fraction of sp³-hybridized carbons (Fsp3) is 0.350. The van der Waals surface area contributed by atoms with Gasteiger partial charge in [0, 0.05) is 15.2 Å². The standard InChI is InChI=1S/C20H24IN3O3/c1-5-9-26-23-13-20(3,4)24-19(25)18(6-2)27-16-7-8-17-14(11-16)10-15(21)12-22-17/h5,7-8,10-13,18H,1,6,9H2,2-4H3,(H,24,25)/b23-13-. The van der Waals surface area contributed by atoms with Crippen LogP contribution in [0.5, 0.6) is 5.75 Å². The number of carbonyl (C=O) groups is 1. The molecular weight excluding hydrogens is 457 g/mol. The quantitative estimate of drug-likeness (QED) is 0.193. The predicted molar refractivity (Wildman–Crippen MR) is 116 cm³/mol. The molecule has 2 rings (SSSR count). The second kappa shape index (κ2) is 9.68. The van der Waals surface area contributed by atoms with E-state index < -0.39 is 11.6 Å². The number of nitrogens with one attached hydrogen (secondary N) is 1. The lowest BCUT2D eigenvalue weighted by Crippen LogP contribution is -2.50. The highest BCUT2D eigenvalue weighted by molar-refractivity contribution is 14.1. The molecule has 1 atom stereocenters. The van der Waals surface area contributed by atoms with Gasteiger partial charge in [0.25, 0.3) is 5.91 Å². The average Bonchev–Trinajstić information content (AvgIpc) is 2.62. The summed E-state index contributed by atoms with van der Waals surface area (Å²) in [7, 11) is 0. The van der Waals surface area contributed by atoms with Gasteiger partial charge in [-0.2, -0.15) is 0 Å². The van der Waals surface area contributed by atoms with Crippen molar-refractivity contribution in [3.05, 3.63) is 46.7 Å². The summed E-state index contributed by atoms with van der Waals surface area (Å²) in [4.78, 5) is 22.0. The summed E-state index contributed by atoms with van der Waals surface area (Å²) >= 11 is 2.22. The van der Waals surface area contributed by atoms with E-state index >= 15 is 0 Å². The minimum Gasteiger partial charge on any atom is -0.481 e. The lowest BCUT2D eigenvalue weighted by molar-refractivity contribution is -0.129. The zero-order valence-corrected chi connectivity index (χ0v) is 17.9. The van der Waals surface area contributed by atoms with Gasteiger partial charge < -0.3 is 14.9 Å². The Balaban J connectivity index is 2.06. The van der Waals surface area contributed by atoms with E-state index in [-0.39, 0.29) is 5.91 Å². The van der Waals surface area contributed by atoms with Crippen LogP contribution in [-0.4, -0.2) is 35.4 Å². The number of hydrogen-bond acceptors (Lipinski definition) is 5. The molecule has 2 aromatic rings. The lowest BCUT2D eigenvalue weighted by Gasteiger charge is -2.25. The normalized spacial score (nSPS) is 12.7. The molecule has 0 bridgehead atoms. The molecular formula is C20H24IN3O3. The van der Waals surface area contributed by atoms with Crippen molar-refractivity contribution in [1.82, 2.24) is 10.3 Å². The highest BCUT2D eigenvalue weighted by Gasteiger charge is 2.25. The summed E-state index contributed by atoms with van der Waals surface area (Å²) in [6, 6.07) is 7.64. The van der Waals surface area contributed by atoms with Crippen LogP contribution in [0.25, 0.3) is 10.9 Å². The van der Waals surface area contributed by atoms with Crippen molar-refractivity contribution in [3.63, 3.8) is 0 Å². The van der Waals surface area contributed by atoms with Crippen LogP contribution in [0.4, 0.5) is 0 Å². The molecule has 1 aromatic heterocycles. The molecule has 0 aliphatic carbocycles. The van der Waals surface area contributed by atoms with Gasteiger partial charge in [-0.1, -0.05) is 24.7 Å². The van der Waals surface area contributed by atoms with Gasteiger partial charge in [-0.3, -0.25) is 9.78 Å². The summed E-state index contributed by atoms with van der Waals surface area (Å²) in [5, 5.41) is 7.73. The van der Waals surface area contributed by atoms with Crippen LogP contribution in [0.3, 0.4) is 0 Å². The van der Waals surface area contributed by atoms with Gasteiger partial charge in [-0.15, -0.1) is 0 Å². The SMILES string of the molecule is C=CCO/N=C\C(C)(C)NC(=O)C(CC)Oc1ccc2ncc(I)cc2c1. The third-order valence-electron chi connectivity index (χ3n) is 3.65. The number of rotatable bonds is 9. The fourth-order valence-corrected chi connectivity index (χ4v) is 2.81. The summed E-state index contributed by atoms with van der Waals surface area (Å²) in [5.41, 5.74) is 0.218. The van der Waals surface area contributed by atoms with E-state index in [9.17, 15) is 4.79 Å². The topological polar surface area (TPSA) is 72.8 Å². The van der Waals surface area contributed by atoms with Gasteiger partial charge >= 0.3 is 0 Å². The molecule has 6 nitrogen and oxygen atoms in total. The third-order valence-corrected chi connectivity index (χ3v) is 4.24. The highest BCUT2D eigenvalue weighted by atomic mass is 127. The molecule has 0 radical (unpaired) electrons. The molecule has 1 aromatic carbocycles. The smallest absolute Gasteiger partial charge is 0.261 e. The highest BCUT2D eigenvalue weighted by Crippen LogP contribution is 2.22. The average molecular weight is 481 g/mol. The molecule has 7 heteroatoms. The maximum absolute atomic E-state index is 12.6. The van der Waals surface area contributed by atoms with Crippen LogP contribution in [0, 0.1) is 3.57 Å². The minimum atomic E-state index is -0.668. The number of nitrogens with zero attached hydrogens (tertiary/aromatic N) is 2. The molecule has 0 aliphatic heterocycles. The van der Waals surface area contributed by atoms with Crippen molar-refractivity contribution in [1.29, 1.82) is 0 Å². The largest absolute Gasteiger partial charge is 0.481 e. The molecule has 144 valence electrons. The Bertz CT molecular complexity index is 836. The first-order valence-electron chi connectivity index (χ1n) is 8.66. The predicted octanol–water partition coefficient (Wildman–Crippen LogP) is 4.08. The number of oxime groups is 1. The Morgan fingerprint density at radius 1 is 1.44 bits per heavy atom. The number of pyridine rings is 1. The number of aromatic nitrogens is 1. The zero-order chi connectivity index (χ0) is 19.9. The van der Waals surface area contributed by atoms with Crippen molar-refractivity contribution in [2.24, 2.45) is 5.16 Å². The number of fused-ring (bicyclic) bond motifs is 1. The first kappa shape index (κ1) is 21.1. The maximum Gasteiger partial charge on any atom is 0.261 e. The summed E-state index contributed by atoms with van der Waals surface area (Å²) < 4.78 is 6.97. The summed E-state index contributed by atoms with van der Waals surface area (Å²) in [5.74, 6) is 0.424. The summed E-state index contributed by atoms with van der Waals surface area (Å²) in [6.45, 7) is 9.45. The van der Waals surface area contributed by atoms with Gasteiger partial charge in [-0.05, 0) is 67.1 Å². The van der Waals surface area contributed by atoms with Crippen LogP contribution < -0.4 is 10.1 Å². The number of hydrogen-bond donors (Lipinski definition) is 1. The molecule has 0 saturated heterocycles. The van der Waals surface area contributed by atoms with E-state index in [2.05, 4.69) is 44.6 Å². The second-order valence-electron chi connectivity index (χ2n) is 6.55. The van der Waals surface area contributed by atoms with Gasteiger partial charge in [0.15, 0.2) is 6.10 Å². The van der Waals surface area contributed by atoms with E-state index in [1.54, 1.807) is 12.3 Å². The molecule has 1 unspecified atom stereocenters. The van der Waals surface area contributed by atoms with Crippen LogP contribution in [-0.2, 0) is 9.63 Å². The molecule has 1 amide bonds. The van der Waals surface area contributed by atoms with Gasteiger partial charge in [-0.25, -0.2) is 0 Å². The van der Waals surface area contributed by atoms with Crippen LogP contribution in [0.2, 0.25) is 0 Å². The number of benzene rings is 1. The second-order valence-corrected chi connectivity index (χ2v) is 7.80. The molecule has 0 fully saturated rings. The number of ether oxygens (including phenoxy) is 1. The number of amides is 1. The Kier molecular flexibility index (Phi) is 7.58. The Morgan fingerprint density at radius 3 is 2.93 bits per heavy atom. The maximum atomic E-state index is 12.6. The number of halogens is 1. The molecule has 0 aliphatic rings. The van der Waals surface area contributed by atoms with Crippen molar-refractivity contribution >= 4 is 45.6 Å². The van der Waals surface area contributed by atoms with E-state index in [1.807, 2.05) is 51.2 Å². The van der Waals surface area contributed by atoms with E-state index in [4.69, 9.17) is 9.57 Å². The van der Waals surface area contributed by atoms with Crippen molar-refractivity contribution in [3.8, 4) is 5.75 Å². The molecule has 1 N–H and O–H groups in total. The van der Waals surface area contributed by atoms with E-state index in [0.29, 0.717) is 18.8 Å². The Labute approximate surface area is 173 Å². The molecule has 1 heterocycles. The third kappa shape index (κ3) is 6.50. The van der Waals surface area contributed by atoms with Crippen molar-refractivity contribution in [2.45, 2.75) is 38.8 Å². The lowest BCUT2D eigenvalue weighted by atomic mass is 10.1. The number of carbonyl (C=O) groups excluding carboxylic acids is 1. The van der Waals surface area contributed by atoms with E-state index in [1.165, 1.54) is 0 Å². The molecule has 0 saturated carbocycles. The van der Waals surface area contributed by atoms with Crippen LogP contribution in [0.15, 0.2) is 48.3 Å². The van der Waals surface area contributed by atoms with Crippen LogP contribution in [0.1, 0.15) is 27.2 Å². The van der Waals surface area contributed by atoms with Gasteiger partial charge in [0.05, 0.1) is 17.3 Å². The minimum absolute atomic E-state index is 0.210. The van der Waals surface area contributed by atoms with Crippen molar-refractivity contribution < 1.29 is 14.4 Å². The van der Waals surface area contributed by atoms with Gasteiger partial charge in [0.1, 0.15) is 12.4 Å². The Morgan fingerprint density at radius 2 is 2.22 bits per heavy atom. The van der Waals surface area contributed by atoms with Crippen molar-refractivity contribution in [2.75, 3.05) is 6.61 Å².